The number of benzene rings is 1. The van der Waals surface area contributed by atoms with Gasteiger partial charge in [-0.15, -0.1) is 0 Å². The van der Waals surface area contributed by atoms with E-state index in [2.05, 4.69) is 5.32 Å². The monoisotopic (exact) mass is 217 g/mol. The molecule has 0 radical (unpaired) electrons. The molecule has 82 valence electrons. The summed E-state index contributed by atoms with van der Waals surface area (Å²) in [5.74, 6) is -3.46. The summed E-state index contributed by atoms with van der Waals surface area (Å²) >= 11 is 0. The minimum absolute atomic E-state index is 0.252. The van der Waals surface area contributed by atoms with Gasteiger partial charge in [-0.05, 0) is 6.92 Å². The highest BCUT2D eigenvalue weighted by atomic mass is 19.2. The molecular weight excluding hydrogens is 207 g/mol. The van der Waals surface area contributed by atoms with Gasteiger partial charge in [-0.25, -0.2) is 13.2 Å². The first-order valence-electron chi connectivity index (χ1n) is 4.54. The van der Waals surface area contributed by atoms with Crippen LogP contribution in [0.25, 0.3) is 0 Å². The molecule has 0 aliphatic carbocycles. The molecule has 0 aromatic heterocycles. The average Bonchev–Trinajstić information content (AvgIpc) is 2.11. The van der Waals surface area contributed by atoms with Crippen molar-refractivity contribution in [3.05, 3.63) is 29.6 Å². The Morgan fingerprint density at radius 2 is 1.73 bits per heavy atom. The van der Waals surface area contributed by atoms with Gasteiger partial charge in [0.15, 0.2) is 23.2 Å². The highest BCUT2D eigenvalue weighted by Crippen LogP contribution is 2.26. The molecule has 2 nitrogen and oxygen atoms in total. The molecule has 0 unspecified atom stereocenters. The van der Waals surface area contributed by atoms with E-state index in [-0.39, 0.29) is 5.75 Å². The van der Waals surface area contributed by atoms with Gasteiger partial charge in [0.05, 0.1) is 0 Å². The highest BCUT2D eigenvalue weighted by molar-refractivity contribution is 5.27. The van der Waals surface area contributed by atoms with E-state index in [0.717, 1.165) is 6.07 Å². The third-order valence-corrected chi connectivity index (χ3v) is 2.33. The lowest BCUT2D eigenvalue weighted by atomic mass is 10.00. The fourth-order valence-corrected chi connectivity index (χ4v) is 1.40. The van der Waals surface area contributed by atoms with Crippen LogP contribution in [-0.2, 0) is 0 Å². The summed E-state index contributed by atoms with van der Waals surface area (Å²) in [5, 5.41) is 2.95. The van der Waals surface area contributed by atoms with Gasteiger partial charge in [0.1, 0.15) is 5.60 Å². The third-order valence-electron chi connectivity index (χ3n) is 2.33. The Morgan fingerprint density at radius 3 is 2.27 bits per heavy atom. The van der Waals surface area contributed by atoms with E-state index in [0.29, 0.717) is 19.2 Å². The molecule has 1 aromatic carbocycles. The van der Waals surface area contributed by atoms with E-state index in [9.17, 15) is 13.2 Å². The number of hydrogen-bond donors (Lipinski definition) is 1. The summed E-state index contributed by atoms with van der Waals surface area (Å²) in [5.41, 5.74) is -0.537. The first-order valence-corrected chi connectivity index (χ1v) is 4.54. The summed E-state index contributed by atoms with van der Waals surface area (Å²) in [4.78, 5) is 0. The van der Waals surface area contributed by atoms with Gasteiger partial charge >= 0.3 is 0 Å². The zero-order valence-corrected chi connectivity index (χ0v) is 8.11. The number of ether oxygens (including phenoxy) is 1. The van der Waals surface area contributed by atoms with Crippen molar-refractivity contribution in [2.75, 3.05) is 13.1 Å². The quantitative estimate of drug-likeness (QED) is 0.763. The summed E-state index contributed by atoms with van der Waals surface area (Å²) in [6.07, 6.45) is 0. The smallest absolute Gasteiger partial charge is 0.168 e. The van der Waals surface area contributed by atoms with E-state index >= 15 is 0 Å². The zero-order chi connectivity index (χ0) is 11.1. The van der Waals surface area contributed by atoms with Crippen molar-refractivity contribution >= 4 is 0 Å². The molecule has 0 bridgehead atoms. The molecule has 1 aliphatic rings. The molecule has 0 amide bonds. The van der Waals surface area contributed by atoms with Gasteiger partial charge in [0, 0.05) is 25.2 Å². The van der Waals surface area contributed by atoms with Crippen LogP contribution in [0.2, 0.25) is 0 Å². The summed E-state index contributed by atoms with van der Waals surface area (Å²) in [7, 11) is 0. The van der Waals surface area contributed by atoms with E-state index in [1.54, 1.807) is 6.92 Å². The standard InChI is InChI=1S/C10H10F3NO/c1-10(4-14-5-10)15-9-3-7(12)6(11)2-8(9)13/h2-3,14H,4-5H2,1H3. The van der Waals surface area contributed by atoms with Crippen molar-refractivity contribution in [2.24, 2.45) is 0 Å². The Kier molecular flexibility index (Phi) is 2.34. The van der Waals surface area contributed by atoms with Gasteiger partial charge < -0.3 is 10.1 Å². The van der Waals surface area contributed by atoms with Gasteiger partial charge in [-0.3, -0.25) is 0 Å². The molecule has 1 aromatic rings. The lowest BCUT2D eigenvalue weighted by molar-refractivity contribution is 0.0307. The van der Waals surface area contributed by atoms with Crippen molar-refractivity contribution in [3.63, 3.8) is 0 Å². The highest BCUT2D eigenvalue weighted by Gasteiger charge is 2.34. The first kappa shape index (κ1) is 10.3. The minimum atomic E-state index is -1.21. The number of nitrogens with one attached hydrogen (secondary N) is 1. The second kappa shape index (κ2) is 3.41. The molecule has 1 N–H and O–H groups in total. The van der Waals surface area contributed by atoms with Crippen LogP contribution in [0.5, 0.6) is 5.75 Å². The lowest BCUT2D eigenvalue weighted by Crippen LogP contribution is -2.61. The molecule has 1 heterocycles. The Hall–Kier alpha value is -1.23. The molecule has 1 saturated heterocycles. The molecule has 15 heavy (non-hydrogen) atoms. The van der Waals surface area contributed by atoms with Crippen LogP contribution in [0.3, 0.4) is 0 Å². The summed E-state index contributed by atoms with van der Waals surface area (Å²) in [6, 6.07) is 1.22. The Bertz CT molecular complexity index is 390. The largest absolute Gasteiger partial charge is 0.482 e. The molecule has 0 atom stereocenters. The van der Waals surface area contributed by atoms with Crippen LogP contribution in [0.4, 0.5) is 13.2 Å². The Labute approximate surface area is 85.0 Å². The SMILES string of the molecule is CC1(Oc2cc(F)c(F)cc2F)CNC1. The maximum absolute atomic E-state index is 13.2. The van der Waals surface area contributed by atoms with E-state index in [1.165, 1.54) is 0 Å². The van der Waals surface area contributed by atoms with Crippen molar-refractivity contribution in [2.45, 2.75) is 12.5 Å². The molecule has 1 fully saturated rings. The maximum atomic E-state index is 13.2. The van der Waals surface area contributed by atoms with Crippen molar-refractivity contribution in [3.8, 4) is 5.75 Å². The van der Waals surface area contributed by atoms with Crippen molar-refractivity contribution in [1.82, 2.24) is 5.32 Å². The second-order valence-electron chi connectivity index (χ2n) is 3.85. The molecule has 0 spiro atoms. The van der Waals surface area contributed by atoms with E-state index in [1.807, 2.05) is 0 Å². The van der Waals surface area contributed by atoms with Crippen LogP contribution in [0, 0.1) is 17.5 Å². The molecular formula is C10H10F3NO. The van der Waals surface area contributed by atoms with E-state index < -0.39 is 23.1 Å². The van der Waals surface area contributed by atoms with Crippen LogP contribution in [0.15, 0.2) is 12.1 Å². The number of hydrogen-bond acceptors (Lipinski definition) is 2. The maximum Gasteiger partial charge on any atom is 0.168 e. The summed E-state index contributed by atoms with van der Waals surface area (Å²) < 4.78 is 43.9. The van der Waals surface area contributed by atoms with Crippen LogP contribution in [-0.4, -0.2) is 18.7 Å². The van der Waals surface area contributed by atoms with Crippen LogP contribution >= 0.6 is 0 Å². The lowest BCUT2D eigenvalue weighted by Gasteiger charge is -2.39. The number of rotatable bonds is 2. The Morgan fingerprint density at radius 1 is 1.13 bits per heavy atom. The summed E-state index contributed by atoms with van der Waals surface area (Å²) in [6.45, 7) is 2.89. The normalized spacial score (nSPS) is 18.4. The fraction of sp³-hybridized carbons (Fsp3) is 0.400. The number of halogens is 3. The Balaban J connectivity index is 2.24. The topological polar surface area (TPSA) is 21.3 Å². The molecule has 1 aliphatic heterocycles. The first-order chi connectivity index (χ1) is 7.00. The second-order valence-corrected chi connectivity index (χ2v) is 3.85. The van der Waals surface area contributed by atoms with E-state index in [4.69, 9.17) is 4.74 Å². The fourth-order valence-electron chi connectivity index (χ4n) is 1.40. The van der Waals surface area contributed by atoms with Crippen molar-refractivity contribution < 1.29 is 17.9 Å². The van der Waals surface area contributed by atoms with Gasteiger partial charge in [-0.2, -0.15) is 0 Å². The predicted molar refractivity (Wildman–Crippen MR) is 48.2 cm³/mol. The minimum Gasteiger partial charge on any atom is -0.482 e. The van der Waals surface area contributed by atoms with Crippen LogP contribution < -0.4 is 10.1 Å². The van der Waals surface area contributed by atoms with Gasteiger partial charge in [-0.1, -0.05) is 0 Å². The zero-order valence-electron chi connectivity index (χ0n) is 8.11. The van der Waals surface area contributed by atoms with Crippen LogP contribution in [0.1, 0.15) is 6.92 Å². The van der Waals surface area contributed by atoms with Gasteiger partial charge in [0.2, 0.25) is 0 Å². The third kappa shape index (κ3) is 1.92. The predicted octanol–water partition coefficient (Wildman–Crippen LogP) is 1.84. The molecule has 0 saturated carbocycles. The van der Waals surface area contributed by atoms with Crippen molar-refractivity contribution in [1.29, 1.82) is 0 Å². The van der Waals surface area contributed by atoms with Gasteiger partial charge in [0.25, 0.3) is 0 Å². The average molecular weight is 217 g/mol. The molecule has 2 rings (SSSR count). The molecule has 5 heteroatoms.